The highest BCUT2D eigenvalue weighted by Gasteiger charge is 2.75. The van der Waals surface area contributed by atoms with Crippen LogP contribution in [-0.4, -0.2) is 65.6 Å². The lowest BCUT2D eigenvalue weighted by molar-refractivity contribution is -0.310. The van der Waals surface area contributed by atoms with Gasteiger partial charge in [-0.15, -0.1) is 0 Å². The van der Waals surface area contributed by atoms with E-state index in [9.17, 15) is 38.5 Å². The predicted molar refractivity (Wildman–Crippen MR) is 104 cm³/mol. The molecule has 1 aliphatic rings. The first-order chi connectivity index (χ1) is 14.2. The van der Waals surface area contributed by atoms with Crippen LogP contribution in [0.4, 0.5) is 8.78 Å². The number of nitrogens with zero attached hydrogens (tertiary/aromatic N) is 2. The van der Waals surface area contributed by atoms with E-state index in [4.69, 9.17) is 16.3 Å². The van der Waals surface area contributed by atoms with E-state index < -0.39 is 69.2 Å². The minimum absolute atomic E-state index is 0.278. The first kappa shape index (κ1) is 23.8. The normalized spacial score (nSPS) is 31.1. The van der Waals surface area contributed by atoms with Gasteiger partial charge in [-0.3, -0.25) is 19.0 Å². The maximum absolute atomic E-state index is 14.4. The van der Waals surface area contributed by atoms with Crippen molar-refractivity contribution in [2.24, 2.45) is 0 Å². The summed E-state index contributed by atoms with van der Waals surface area (Å²) in [7, 11) is 0. The molecule has 0 spiro atoms. The molecule has 31 heavy (non-hydrogen) atoms. The van der Waals surface area contributed by atoms with Crippen molar-refractivity contribution in [2.45, 2.75) is 43.8 Å². The lowest BCUT2D eigenvalue weighted by atomic mass is 9.63. The van der Waals surface area contributed by atoms with E-state index in [1.807, 2.05) is 0 Å². The van der Waals surface area contributed by atoms with Crippen molar-refractivity contribution < 1.29 is 43.2 Å². The number of Topliss-reactive ketones (excluding diaryl/α,β-unsaturated/α-hetero) is 3. The number of ketones is 3. The molecule has 2 aromatic rings. The zero-order valence-electron chi connectivity index (χ0n) is 16.2. The predicted octanol–water partition coefficient (Wildman–Crippen LogP) is 1.22. The largest absolute Gasteiger partial charge is 0.376 e. The van der Waals surface area contributed by atoms with Crippen molar-refractivity contribution in [1.82, 2.24) is 9.55 Å². The summed E-state index contributed by atoms with van der Waals surface area (Å²) in [6.07, 6.45) is -2.01. The quantitative estimate of drug-likeness (QED) is 0.507. The summed E-state index contributed by atoms with van der Waals surface area (Å²) >= 11 is 8.69. The molecule has 9 nitrogen and oxygen atoms in total. The van der Waals surface area contributed by atoms with Crippen LogP contribution in [0.2, 0.25) is 5.02 Å². The Balaban J connectivity index is 2.41. The number of ether oxygens (including phenoxy) is 1. The average molecular weight is 526 g/mol. The summed E-state index contributed by atoms with van der Waals surface area (Å²) in [5.41, 5.74) is -10.5. The molecule has 168 valence electrons. The smallest absolute Gasteiger partial charge is 0.207 e. The first-order valence-electron chi connectivity index (χ1n) is 8.69. The van der Waals surface area contributed by atoms with Crippen LogP contribution in [0.15, 0.2) is 10.8 Å². The monoisotopic (exact) mass is 524 g/mol. The van der Waals surface area contributed by atoms with Gasteiger partial charge in [0.25, 0.3) is 0 Å². The molecular weight excluding hydrogens is 510 g/mol. The van der Waals surface area contributed by atoms with Gasteiger partial charge in [0.15, 0.2) is 45.5 Å². The van der Waals surface area contributed by atoms with Gasteiger partial charge in [0.05, 0.1) is 17.1 Å². The molecule has 1 aromatic carbocycles. The number of imidazole rings is 1. The Morgan fingerprint density at radius 3 is 2.23 bits per heavy atom. The average Bonchev–Trinajstić information content (AvgIpc) is 3.00. The number of aromatic nitrogens is 2. The number of rotatable bonds is 4. The van der Waals surface area contributed by atoms with Gasteiger partial charge < -0.3 is 20.1 Å². The first-order valence-corrected chi connectivity index (χ1v) is 9.86. The van der Waals surface area contributed by atoms with Crippen LogP contribution < -0.4 is 0 Å². The molecule has 2 heterocycles. The van der Waals surface area contributed by atoms with Crippen molar-refractivity contribution in [2.75, 3.05) is 6.61 Å². The number of aliphatic hydroxyl groups is 3. The molecular formula is C18H16BrClF2N2O7. The van der Waals surface area contributed by atoms with Crippen LogP contribution in [0, 0.1) is 11.6 Å². The van der Waals surface area contributed by atoms with Gasteiger partial charge in [-0.05, 0) is 42.8 Å². The Morgan fingerprint density at radius 1 is 1.16 bits per heavy atom. The van der Waals surface area contributed by atoms with Gasteiger partial charge in [0, 0.05) is 0 Å². The highest BCUT2D eigenvalue weighted by molar-refractivity contribution is 9.10. The lowest BCUT2D eigenvalue weighted by Gasteiger charge is -2.55. The zero-order chi connectivity index (χ0) is 23.7. The Bertz CT molecular complexity index is 1160. The van der Waals surface area contributed by atoms with E-state index in [1.165, 1.54) is 0 Å². The van der Waals surface area contributed by atoms with Gasteiger partial charge in [0.1, 0.15) is 5.52 Å². The minimum atomic E-state index is -3.36. The van der Waals surface area contributed by atoms with E-state index in [0.29, 0.717) is 0 Å². The van der Waals surface area contributed by atoms with Gasteiger partial charge in [-0.1, -0.05) is 11.6 Å². The molecule has 13 heteroatoms. The summed E-state index contributed by atoms with van der Waals surface area (Å²) in [6.45, 7) is 1.36. The fourth-order valence-electron chi connectivity index (χ4n) is 3.86. The molecule has 3 N–H and O–H groups in total. The van der Waals surface area contributed by atoms with Crippen LogP contribution in [-0.2, 0) is 19.1 Å². The van der Waals surface area contributed by atoms with Gasteiger partial charge in [0.2, 0.25) is 11.2 Å². The third-order valence-corrected chi connectivity index (χ3v) is 6.43. The molecule has 1 aromatic heterocycles. The Labute approximate surface area is 186 Å². The standard InChI is InChI=1S/C18H16BrClF2N2O7/c1-6(25)16(28)5-31-14(17(29,7(2)26)18(16,30)8(3)27)24-10-4-9(20)11(21)12(22)13(10)23-15(24)19/h4,14,28-30H,5H2,1-3H3/t14-,16+,17+,18-/m1/s1. The second kappa shape index (κ2) is 7.36. The molecule has 3 rings (SSSR count). The Hall–Kier alpha value is -1.83. The molecule has 0 amide bonds. The fraction of sp³-hybridized carbons (Fsp3) is 0.444. The summed E-state index contributed by atoms with van der Waals surface area (Å²) in [5, 5.41) is 32.8. The van der Waals surface area contributed by atoms with Crippen LogP contribution in [0.1, 0.15) is 27.0 Å². The van der Waals surface area contributed by atoms with Crippen molar-refractivity contribution >= 4 is 55.9 Å². The molecule has 0 aliphatic carbocycles. The maximum atomic E-state index is 14.4. The summed E-state index contributed by atoms with van der Waals surface area (Å²) in [6, 6.07) is 0.926. The molecule has 1 aliphatic heterocycles. The van der Waals surface area contributed by atoms with Crippen molar-refractivity contribution in [3.8, 4) is 0 Å². The third-order valence-electron chi connectivity index (χ3n) is 5.60. The maximum Gasteiger partial charge on any atom is 0.207 e. The molecule has 0 radical (unpaired) electrons. The summed E-state index contributed by atoms with van der Waals surface area (Å²) in [4.78, 5) is 41.0. The zero-order valence-corrected chi connectivity index (χ0v) is 18.6. The van der Waals surface area contributed by atoms with Gasteiger partial charge in [-0.2, -0.15) is 0 Å². The Morgan fingerprint density at radius 2 is 1.74 bits per heavy atom. The van der Waals surface area contributed by atoms with E-state index in [0.717, 1.165) is 31.4 Å². The number of benzene rings is 1. The molecule has 0 bridgehead atoms. The van der Waals surface area contributed by atoms with Gasteiger partial charge >= 0.3 is 0 Å². The van der Waals surface area contributed by atoms with Crippen molar-refractivity contribution in [1.29, 1.82) is 0 Å². The topological polar surface area (TPSA) is 139 Å². The van der Waals surface area contributed by atoms with Crippen molar-refractivity contribution in [3.05, 3.63) is 27.5 Å². The highest BCUT2D eigenvalue weighted by atomic mass is 79.9. The van der Waals surface area contributed by atoms with E-state index in [1.54, 1.807) is 0 Å². The van der Waals surface area contributed by atoms with Crippen LogP contribution >= 0.6 is 27.5 Å². The van der Waals surface area contributed by atoms with Gasteiger partial charge in [-0.25, -0.2) is 13.8 Å². The minimum Gasteiger partial charge on any atom is -0.376 e. The molecule has 1 saturated heterocycles. The number of carbonyl (C=O) groups excluding carboxylic acids is 3. The van der Waals surface area contributed by atoms with E-state index in [2.05, 4.69) is 20.9 Å². The van der Waals surface area contributed by atoms with Crippen LogP contribution in [0.25, 0.3) is 11.0 Å². The summed E-state index contributed by atoms with van der Waals surface area (Å²) < 4.78 is 34.2. The number of hydrogen-bond acceptors (Lipinski definition) is 8. The number of carbonyl (C=O) groups is 3. The van der Waals surface area contributed by atoms with E-state index >= 15 is 0 Å². The fourth-order valence-corrected chi connectivity index (χ4v) is 4.60. The van der Waals surface area contributed by atoms with Crippen LogP contribution in [0.5, 0.6) is 0 Å². The SMILES string of the molecule is CC(=O)[C@@]1(O)[C@@](O)(C(C)=O)CO[C@@H](n2c(Br)nc3c(F)c(F)c(Cl)cc32)[C@@]1(O)C(C)=O. The molecule has 1 fully saturated rings. The Kier molecular flexibility index (Phi) is 5.65. The summed E-state index contributed by atoms with van der Waals surface area (Å²) in [5.74, 6) is -6.58. The second-order valence-electron chi connectivity index (χ2n) is 7.27. The number of halogens is 4. The molecule has 0 unspecified atom stereocenters. The van der Waals surface area contributed by atoms with E-state index in [-0.39, 0.29) is 10.3 Å². The lowest BCUT2D eigenvalue weighted by Crippen LogP contribution is -2.82. The second-order valence-corrected chi connectivity index (χ2v) is 8.39. The number of hydrogen-bond donors (Lipinski definition) is 3. The van der Waals surface area contributed by atoms with Crippen LogP contribution in [0.3, 0.4) is 0 Å². The highest BCUT2D eigenvalue weighted by Crippen LogP contribution is 2.49. The molecule has 4 atom stereocenters. The number of fused-ring (bicyclic) bond motifs is 1. The molecule has 0 saturated carbocycles. The third kappa shape index (κ3) is 2.86. The van der Waals surface area contributed by atoms with Crippen molar-refractivity contribution in [3.63, 3.8) is 0 Å².